The van der Waals surface area contributed by atoms with Crippen molar-refractivity contribution in [1.29, 1.82) is 0 Å². The van der Waals surface area contributed by atoms with Crippen molar-refractivity contribution in [1.82, 2.24) is 0 Å². The van der Waals surface area contributed by atoms with E-state index in [1.807, 2.05) is 13.0 Å². The molecule has 0 atom stereocenters. The zero-order chi connectivity index (χ0) is 15.6. The maximum absolute atomic E-state index is 12.3. The summed E-state index contributed by atoms with van der Waals surface area (Å²) < 4.78 is 23.8. The van der Waals surface area contributed by atoms with E-state index in [4.69, 9.17) is 0 Å². The van der Waals surface area contributed by atoms with Gasteiger partial charge in [-0.2, -0.15) is 0 Å². The third-order valence-corrected chi connectivity index (χ3v) is 5.12. The third-order valence-electron chi connectivity index (χ3n) is 2.96. The fourth-order valence-corrected chi connectivity index (χ4v) is 2.94. The monoisotopic (exact) mass is 367 g/mol. The second kappa shape index (κ2) is 5.99. The Kier molecular flexibility index (Phi) is 4.49. The van der Waals surface area contributed by atoms with Gasteiger partial charge in [0.05, 0.1) is 10.5 Å². The summed E-state index contributed by atoms with van der Waals surface area (Å²) in [6, 6.07) is 11.6. The summed E-state index contributed by atoms with van der Waals surface area (Å²) in [5.74, 6) is -0.295. The zero-order valence-corrected chi connectivity index (χ0v) is 14.0. The summed E-state index contributed by atoms with van der Waals surface area (Å²) in [5, 5.41) is 2.71. The predicted molar refractivity (Wildman–Crippen MR) is 86.4 cm³/mol. The predicted octanol–water partition coefficient (Wildman–Crippen LogP) is 3.41. The van der Waals surface area contributed by atoms with Gasteiger partial charge in [-0.25, -0.2) is 8.42 Å². The van der Waals surface area contributed by atoms with E-state index in [9.17, 15) is 13.2 Å². The second-order valence-electron chi connectivity index (χ2n) is 4.69. The van der Waals surface area contributed by atoms with Crippen molar-refractivity contribution in [3.8, 4) is 0 Å². The fraction of sp³-hybridized carbons (Fsp3) is 0.133. The molecule has 0 bridgehead atoms. The number of hydrogen-bond acceptors (Lipinski definition) is 3. The molecule has 4 nitrogen and oxygen atoms in total. The minimum absolute atomic E-state index is 0.170. The number of hydrogen-bond donors (Lipinski definition) is 1. The molecule has 6 heteroatoms. The number of amides is 1. The van der Waals surface area contributed by atoms with Crippen molar-refractivity contribution in [2.75, 3.05) is 11.6 Å². The normalized spacial score (nSPS) is 11.2. The van der Waals surface area contributed by atoms with Gasteiger partial charge in [0.25, 0.3) is 5.91 Å². The first-order chi connectivity index (χ1) is 9.79. The highest BCUT2D eigenvalue weighted by Crippen LogP contribution is 2.23. The van der Waals surface area contributed by atoms with Gasteiger partial charge in [-0.3, -0.25) is 4.79 Å². The minimum Gasteiger partial charge on any atom is -0.322 e. The topological polar surface area (TPSA) is 63.2 Å². The lowest BCUT2D eigenvalue weighted by atomic mass is 10.1. The SMILES string of the molecule is Cc1cccc(C(=O)Nc2cccc(S(C)(=O)=O)c2)c1Br. The Hall–Kier alpha value is -1.66. The molecule has 0 saturated heterocycles. The first kappa shape index (κ1) is 15.7. The first-order valence-corrected chi connectivity index (χ1v) is 8.84. The van der Waals surface area contributed by atoms with Gasteiger partial charge in [-0.15, -0.1) is 0 Å². The van der Waals surface area contributed by atoms with Crippen molar-refractivity contribution in [3.05, 3.63) is 58.1 Å². The maximum Gasteiger partial charge on any atom is 0.256 e. The molecule has 0 fully saturated rings. The molecule has 0 aliphatic rings. The van der Waals surface area contributed by atoms with E-state index in [1.54, 1.807) is 24.3 Å². The Morgan fingerprint density at radius 1 is 1.14 bits per heavy atom. The Morgan fingerprint density at radius 3 is 2.48 bits per heavy atom. The van der Waals surface area contributed by atoms with Crippen LogP contribution in [0.2, 0.25) is 0 Å². The average molecular weight is 368 g/mol. The van der Waals surface area contributed by atoms with Gasteiger partial charge in [0.15, 0.2) is 9.84 Å². The molecule has 110 valence electrons. The average Bonchev–Trinajstić information content (AvgIpc) is 2.41. The molecule has 1 amide bonds. The van der Waals surface area contributed by atoms with Crippen LogP contribution < -0.4 is 5.32 Å². The van der Waals surface area contributed by atoms with Gasteiger partial charge >= 0.3 is 0 Å². The third kappa shape index (κ3) is 3.71. The summed E-state index contributed by atoms with van der Waals surface area (Å²) in [5.41, 5.74) is 1.89. The lowest BCUT2D eigenvalue weighted by Crippen LogP contribution is -2.13. The Labute approximate surface area is 132 Å². The van der Waals surface area contributed by atoms with Gasteiger partial charge in [-0.1, -0.05) is 18.2 Å². The molecule has 1 N–H and O–H groups in total. The molecule has 0 heterocycles. The van der Waals surface area contributed by atoms with Crippen LogP contribution in [0.15, 0.2) is 51.8 Å². The molecule has 2 rings (SSSR count). The Morgan fingerprint density at radius 2 is 1.81 bits per heavy atom. The smallest absolute Gasteiger partial charge is 0.256 e. The van der Waals surface area contributed by atoms with Crippen LogP contribution in [0, 0.1) is 6.92 Å². The number of benzene rings is 2. The van der Waals surface area contributed by atoms with Crippen LogP contribution >= 0.6 is 15.9 Å². The lowest BCUT2D eigenvalue weighted by Gasteiger charge is -2.09. The van der Waals surface area contributed by atoms with Crippen molar-refractivity contribution in [2.24, 2.45) is 0 Å². The molecule has 2 aromatic rings. The van der Waals surface area contributed by atoms with Crippen LogP contribution in [0.25, 0.3) is 0 Å². The summed E-state index contributed by atoms with van der Waals surface area (Å²) >= 11 is 3.38. The van der Waals surface area contributed by atoms with Crippen molar-refractivity contribution in [3.63, 3.8) is 0 Å². The van der Waals surface area contributed by atoms with E-state index in [0.29, 0.717) is 11.3 Å². The maximum atomic E-state index is 12.3. The summed E-state index contributed by atoms with van der Waals surface area (Å²) in [6.07, 6.45) is 1.13. The number of aryl methyl sites for hydroxylation is 1. The number of rotatable bonds is 3. The number of sulfone groups is 1. The molecular weight excluding hydrogens is 354 g/mol. The minimum atomic E-state index is -3.30. The molecule has 0 aromatic heterocycles. The molecule has 21 heavy (non-hydrogen) atoms. The van der Waals surface area contributed by atoms with Crippen LogP contribution in [0.5, 0.6) is 0 Å². The van der Waals surface area contributed by atoms with Gasteiger partial charge in [0.1, 0.15) is 0 Å². The van der Waals surface area contributed by atoms with Crippen LogP contribution in [-0.2, 0) is 9.84 Å². The van der Waals surface area contributed by atoms with E-state index in [1.165, 1.54) is 12.1 Å². The van der Waals surface area contributed by atoms with Gasteiger partial charge < -0.3 is 5.32 Å². The molecule has 0 spiro atoms. The van der Waals surface area contributed by atoms with Crippen molar-refractivity contribution < 1.29 is 13.2 Å². The number of halogens is 1. The molecule has 0 aliphatic heterocycles. The largest absolute Gasteiger partial charge is 0.322 e. The highest BCUT2D eigenvalue weighted by molar-refractivity contribution is 9.10. The molecule has 2 aromatic carbocycles. The van der Waals surface area contributed by atoms with Gasteiger partial charge in [0.2, 0.25) is 0 Å². The van der Waals surface area contributed by atoms with Gasteiger partial charge in [0, 0.05) is 16.4 Å². The van der Waals surface area contributed by atoms with Crippen LogP contribution in [0.1, 0.15) is 15.9 Å². The van der Waals surface area contributed by atoms with Crippen molar-refractivity contribution >= 4 is 37.4 Å². The Balaban J connectivity index is 2.30. The van der Waals surface area contributed by atoms with Gasteiger partial charge in [-0.05, 0) is 52.7 Å². The second-order valence-corrected chi connectivity index (χ2v) is 7.50. The molecular formula is C15H14BrNO3S. The molecule has 0 saturated carbocycles. The van der Waals surface area contributed by atoms with Crippen LogP contribution in [-0.4, -0.2) is 20.6 Å². The van der Waals surface area contributed by atoms with E-state index in [2.05, 4.69) is 21.2 Å². The summed E-state index contributed by atoms with van der Waals surface area (Å²) in [7, 11) is -3.30. The highest BCUT2D eigenvalue weighted by Gasteiger charge is 2.13. The quantitative estimate of drug-likeness (QED) is 0.903. The standard InChI is InChI=1S/C15H14BrNO3S/c1-10-5-3-8-13(14(10)16)15(18)17-11-6-4-7-12(9-11)21(2,19)20/h3-9H,1-2H3,(H,17,18). The highest BCUT2D eigenvalue weighted by atomic mass is 79.9. The Bertz CT molecular complexity index is 800. The van der Waals surface area contributed by atoms with Crippen molar-refractivity contribution in [2.45, 2.75) is 11.8 Å². The molecule has 0 unspecified atom stereocenters. The summed E-state index contributed by atoms with van der Waals surface area (Å²) in [6.45, 7) is 1.89. The van der Waals surface area contributed by atoms with Crippen LogP contribution in [0.3, 0.4) is 0 Å². The van der Waals surface area contributed by atoms with E-state index in [0.717, 1.165) is 16.3 Å². The number of nitrogens with one attached hydrogen (secondary N) is 1. The number of carbonyl (C=O) groups excluding carboxylic acids is 1. The number of carbonyl (C=O) groups is 1. The molecule has 0 radical (unpaired) electrons. The first-order valence-electron chi connectivity index (χ1n) is 6.15. The summed E-state index contributed by atoms with van der Waals surface area (Å²) in [4.78, 5) is 12.4. The number of anilines is 1. The van der Waals surface area contributed by atoms with E-state index >= 15 is 0 Å². The van der Waals surface area contributed by atoms with E-state index in [-0.39, 0.29) is 10.8 Å². The van der Waals surface area contributed by atoms with Crippen LogP contribution in [0.4, 0.5) is 5.69 Å². The fourth-order valence-electron chi connectivity index (χ4n) is 1.83. The molecule has 0 aliphatic carbocycles. The van der Waals surface area contributed by atoms with E-state index < -0.39 is 9.84 Å². The zero-order valence-electron chi connectivity index (χ0n) is 11.6. The lowest BCUT2D eigenvalue weighted by molar-refractivity contribution is 0.102.